The Morgan fingerprint density at radius 3 is 2.19 bits per heavy atom. The van der Waals surface area contributed by atoms with Gasteiger partial charge in [-0.05, 0) is 19.4 Å². The summed E-state index contributed by atoms with van der Waals surface area (Å²) in [7, 11) is 0. The lowest BCUT2D eigenvalue weighted by Gasteiger charge is -2.36. The summed E-state index contributed by atoms with van der Waals surface area (Å²) >= 11 is 0. The average Bonchev–Trinajstić information content (AvgIpc) is 2.33. The molecule has 0 atom stereocenters. The predicted octanol–water partition coefficient (Wildman–Crippen LogP) is 0.173. The van der Waals surface area contributed by atoms with Crippen molar-refractivity contribution in [2.45, 2.75) is 25.8 Å². The van der Waals surface area contributed by atoms with Gasteiger partial charge in [0.15, 0.2) is 0 Å². The maximum atomic E-state index is 10.9. The molecule has 120 valence electrons. The van der Waals surface area contributed by atoms with Crippen molar-refractivity contribution >= 4 is 11.9 Å². The molecule has 2 heterocycles. The third-order valence-electron chi connectivity index (χ3n) is 2.76. The van der Waals surface area contributed by atoms with Crippen molar-refractivity contribution in [3.63, 3.8) is 0 Å². The van der Waals surface area contributed by atoms with Crippen LogP contribution in [0.3, 0.4) is 0 Å². The fourth-order valence-corrected chi connectivity index (χ4v) is 1.62. The number of ether oxygens (including phenoxy) is 4. The van der Waals surface area contributed by atoms with Crippen molar-refractivity contribution in [2.24, 2.45) is 5.73 Å². The topological polar surface area (TPSA) is 97.1 Å². The van der Waals surface area contributed by atoms with Crippen molar-refractivity contribution in [1.29, 1.82) is 0 Å². The van der Waals surface area contributed by atoms with Crippen molar-refractivity contribution < 1.29 is 28.5 Å². The van der Waals surface area contributed by atoms with Gasteiger partial charge < -0.3 is 24.7 Å². The Kier molecular flexibility index (Phi) is 7.35. The zero-order valence-corrected chi connectivity index (χ0v) is 12.6. The number of carbonyl (C=O) groups is 2. The van der Waals surface area contributed by atoms with Gasteiger partial charge in [-0.2, -0.15) is 0 Å². The van der Waals surface area contributed by atoms with Gasteiger partial charge in [0.25, 0.3) is 0 Å². The zero-order chi connectivity index (χ0) is 15.7. The second-order valence-corrected chi connectivity index (χ2v) is 4.88. The largest absolute Gasteiger partial charge is 0.466 e. The minimum absolute atomic E-state index is 0.238. The van der Waals surface area contributed by atoms with Crippen LogP contribution in [0.5, 0.6) is 0 Å². The van der Waals surface area contributed by atoms with Crippen LogP contribution in [0.4, 0.5) is 0 Å². The van der Waals surface area contributed by atoms with E-state index >= 15 is 0 Å². The summed E-state index contributed by atoms with van der Waals surface area (Å²) < 4.78 is 19.1. The van der Waals surface area contributed by atoms with Crippen LogP contribution in [0.2, 0.25) is 0 Å². The lowest BCUT2D eigenvalue weighted by atomic mass is 9.95. The van der Waals surface area contributed by atoms with Gasteiger partial charge in [0.05, 0.1) is 51.6 Å². The Bertz CT molecular complexity index is 383. The summed E-state index contributed by atoms with van der Waals surface area (Å²) in [6.45, 7) is 6.50. The van der Waals surface area contributed by atoms with Crippen LogP contribution < -0.4 is 5.73 Å². The molecule has 0 amide bonds. The molecule has 0 aliphatic carbocycles. The number of rotatable bonds is 5. The standard InChI is InChI=1S/C7H13NO3.C7H10O3/c1-2-11-6(9)3-7(8)4-10-5-7;1-2-10-7(8)3-6-4-9-5-6/h2-5,8H2,1H3;3H,2,4-5H2,1H3. The van der Waals surface area contributed by atoms with E-state index < -0.39 is 5.54 Å². The van der Waals surface area contributed by atoms with Gasteiger partial charge in [-0.25, -0.2) is 4.79 Å². The van der Waals surface area contributed by atoms with E-state index in [0.29, 0.717) is 39.6 Å². The van der Waals surface area contributed by atoms with Gasteiger partial charge in [0.1, 0.15) is 0 Å². The van der Waals surface area contributed by atoms with Crippen LogP contribution in [-0.2, 0) is 28.5 Å². The van der Waals surface area contributed by atoms with Gasteiger partial charge in [-0.3, -0.25) is 4.79 Å². The minimum atomic E-state index is -0.452. The van der Waals surface area contributed by atoms with Crippen LogP contribution in [0.25, 0.3) is 0 Å². The molecular formula is C14H23NO6. The molecule has 2 aliphatic heterocycles. The van der Waals surface area contributed by atoms with Crippen molar-refractivity contribution in [3.05, 3.63) is 11.6 Å². The third-order valence-corrected chi connectivity index (χ3v) is 2.76. The second kappa shape index (κ2) is 8.76. The third kappa shape index (κ3) is 6.70. The highest BCUT2D eigenvalue weighted by Crippen LogP contribution is 2.17. The first kappa shape index (κ1) is 17.6. The molecule has 2 N–H and O–H groups in total. The SMILES string of the molecule is CCOC(=O)C=C1COC1.CCOC(=O)CC1(N)COC1. The van der Waals surface area contributed by atoms with Crippen LogP contribution in [0.1, 0.15) is 20.3 Å². The molecule has 0 aromatic rings. The van der Waals surface area contributed by atoms with E-state index in [2.05, 4.69) is 4.74 Å². The Labute approximate surface area is 124 Å². The minimum Gasteiger partial charge on any atom is -0.466 e. The molecular weight excluding hydrogens is 278 g/mol. The van der Waals surface area contributed by atoms with E-state index in [1.165, 1.54) is 6.08 Å². The summed E-state index contributed by atoms with van der Waals surface area (Å²) in [5, 5.41) is 0. The van der Waals surface area contributed by atoms with E-state index in [0.717, 1.165) is 5.57 Å². The van der Waals surface area contributed by atoms with Gasteiger partial charge in [-0.1, -0.05) is 0 Å². The first-order valence-corrected chi connectivity index (χ1v) is 6.95. The van der Waals surface area contributed by atoms with E-state index in [1.807, 2.05) is 0 Å². The average molecular weight is 301 g/mol. The lowest BCUT2D eigenvalue weighted by Crippen LogP contribution is -2.58. The lowest BCUT2D eigenvalue weighted by molar-refractivity contribution is -0.150. The predicted molar refractivity (Wildman–Crippen MR) is 74.5 cm³/mol. The van der Waals surface area contributed by atoms with E-state index in [4.69, 9.17) is 19.9 Å². The van der Waals surface area contributed by atoms with E-state index in [-0.39, 0.29) is 18.4 Å². The van der Waals surface area contributed by atoms with E-state index in [1.54, 1.807) is 13.8 Å². The van der Waals surface area contributed by atoms with Crippen molar-refractivity contribution in [1.82, 2.24) is 0 Å². The Hall–Kier alpha value is -1.44. The molecule has 0 aromatic heterocycles. The van der Waals surface area contributed by atoms with Crippen LogP contribution in [0, 0.1) is 0 Å². The van der Waals surface area contributed by atoms with Crippen molar-refractivity contribution in [3.8, 4) is 0 Å². The fraction of sp³-hybridized carbons (Fsp3) is 0.714. The smallest absolute Gasteiger partial charge is 0.330 e. The molecule has 0 spiro atoms. The molecule has 0 saturated carbocycles. The monoisotopic (exact) mass is 301 g/mol. The maximum Gasteiger partial charge on any atom is 0.330 e. The number of hydrogen-bond acceptors (Lipinski definition) is 7. The Morgan fingerprint density at radius 1 is 1.19 bits per heavy atom. The first-order chi connectivity index (χ1) is 9.99. The van der Waals surface area contributed by atoms with Gasteiger partial charge >= 0.3 is 11.9 Å². The summed E-state index contributed by atoms with van der Waals surface area (Å²) in [6.07, 6.45) is 1.76. The van der Waals surface area contributed by atoms with Crippen LogP contribution in [0.15, 0.2) is 11.6 Å². The Morgan fingerprint density at radius 2 is 1.81 bits per heavy atom. The highest BCUT2D eigenvalue weighted by atomic mass is 16.5. The normalized spacial score (nSPS) is 18.3. The number of hydrogen-bond donors (Lipinski definition) is 1. The number of esters is 2. The molecule has 2 aliphatic rings. The van der Waals surface area contributed by atoms with Gasteiger partial charge in [-0.15, -0.1) is 0 Å². The fourth-order valence-electron chi connectivity index (χ4n) is 1.62. The van der Waals surface area contributed by atoms with E-state index in [9.17, 15) is 9.59 Å². The molecule has 0 bridgehead atoms. The Balaban J connectivity index is 0.000000211. The number of nitrogens with two attached hydrogens (primary N) is 1. The van der Waals surface area contributed by atoms with Gasteiger partial charge in [0, 0.05) is 6.08 Å². The molecule has 21 heavy (non-hydrogen) atoms. The van der Waals surface area contributed by atoms with Crippen LogP contribution in [-0.4, -0.2) is 57.1 Å². The van der Waals surface area contributed by atoms with Crippen LogP contribution >= 0.6 is 0 Å². The summed E-state index contributed by atoms with van der Waals surface area (Å²) in [5.41, 5.74) is 6.27. The number of carbonyl (C=O) groups excluding carboxylic acids is 2. The maximum absolute atomic E-state index is 10.9. The zero-order valence-electron chi connectivity index (χ0n) is 12.6. The molecule has 0 aromatic carbocycles. The quantitative estimate of drug-likeness (QED) is 0.571. The molecule has 7 heteroatoms. The summed E-state index contributed by atoms with van der Waals surface area (Å²) in [4.78, 5) is 21.6. The summed E-state index contributed by atoms with van der Waals surface area (Å²) in [6, 6.07) is 0. The molecule has 2 rings (SSSR count). The molecule has 2 saturated heterocycles. The van der Waals surface area contributed by atoms with Gasteiger partial charge in [0.2, 0.25) is 0 Å². The highest BCUT2D eigenvalue weighted by molar-refractivity contribution is 5.83. The summed E-state index contributed by atoms with van der Waals surface area (Å²) in [5.74, 6) is -0.501. The van der Waals surface area contributed by atoms with Crippen molar-refractivity contribution in [2.75, 3.05) is 39.6 Å². The highest BCUT2D eigenvalue weighted by Gasteiger charge is 2.36. The molecule has 0 unspecified atom stereocenters. The first-order valence-electron chi connectivity index (χ1n) is 6.95. The molecule has 7 nitrogen and oxygen atoms in total. The second-order valence-electron chi connectivity index (χ2n) is 4.88. The molecule has 2 fully saturated rings. The molecule has 0 radical (unpaired) electrons.